The molecule has 0 atom stereocenters. The summed E-state index contributed by atoms with van der Waals surface area (Å²) in [6, 6.07) is 15.4. The Morgan fingerprint density at radius 3 is 2.68 bits per heavy atom. The number of benzene rings is 2. The second-order valence-electron chi connectivity index (χ2n) is 7.08. The molecule has 0 fully saturated rings. The van der Waals surface area contributed by atoms with E-state index in [0.717, 1.165) is 52.8 Å². The monoisotopic (exact) mass is 378 g/mol. The van der Waals surface area contributed by atoms with E-state index >= 15 is 0 Å². The van der Waals surface area contributed by atoms with Crippen LogP contribution in [0.4, 0.5) is 0 Å². The molecule has 0 spiro atoms. The van der Waals surface area contributed by atoms with Gasteiger partial charge >= 0.3 is 0 Å². The topological polar surface area (TPSA) is 51.7 Å². The molecule has 0 radical (unpaired) electrons. The van der Waals surface area contributed by atoms with E-state index in [1.165, 1.54) is 0 Å². The predicted molar refractivity (Wildman–Crippen MR) is 111 cm³/mol. The number of carbonyl (C=O) groups is 1. The van der Waals surface area contributed by atoms with Gasteiger partial charge in [0.25, 0.3) is 0 Å². The maximum absolute atomic E-state index is 10.7. The van der Waals surface area contributed by atoms with Crippen molar-refractivity contribution in [3.8, 4) is 17.4 Å². The van der Waals surface area contributed by atoms with Crippen molar-refractivity contribution in [3.05, 3.63) is 59.7 Å². The molecule has 146 valence electrons. The fraction of sp³-hybridized carbons (Fsp3) is 0.304. The molecule has 3 aromatic rings. The Hall–Kier alpha value is -2.92. The van der Waals surface area contributed by atoms with Gasteiger partial charge < -0.3 is 19.2 Å². The maximum atomic E-state index is 10.7. The van der Waals surface area contributed by atoms with E-state index in [1.54, 1.807) is 0 Å². The summed E-state index contributed by atoms with van der Waals surface area (Å²) < 4.78 is 11.8. The molecule has 0 aliphatic rings. The SMILES string of the molecule is Cc1cc(OCCCN(C)C)ccc1Oc1ccc2cc(CC=O)ccc2n1. The summed E-state index contributed by atoms with van der Waals surface area (Å²) in [5.41, 5.74) is 2.81. The minimum atomic E-state index is 0.414. The normalized spacial score (nSPS) is 11.0. The van der Waals surface area contributed by atoms with Crippen molar-refractivity contribution in [2.45, 2.75) is 19.8 Å². The fourth-order valence-corrected chi connectivity index (χ4v) is 2.95. The Bertz CT molecular complexity index is 954. The van der Waals surface area contributed by atoms with Crippen LogP contribution in [0.1, 0.15) is 17.5 Å². The van der Waals surface area contributed by atoms with Crippen LogP contribution < -0.4 is 9.47 Å². The largest absolute Gasteiger partial charge is 0.494 e. The minimum Gasteiger partial charge on any atom is -0.494 e. The van der Waals surface area contributed by atoms with E-state index in [2.05, 4.69) is 24.0 Å². The summed E-state index contributed by atoms with van der Waals surface area (Å²) in [4.78, 5) is 17.4. The van der Waals surface area contributed by atoms with Crippen LogP contribution in [-0.4, -0.2) is 43.4 Å². The first-order chi connectivity index (χ1) is 13.5. The lowest BCUT2D eigenvalue weighted by molar-refractivity contribution is -0.107. The fourth-order valence-electron chi connectivity index (χ4n) is 2.95. The van der Waals surface area contributed by atoms with Gasteiger partial charge in [0.2, 0.25) is 5.88 Å². The van der Waals surface area contributed by atoms with Gasteiger partial charge in [-0.2, -0.15) is 0 Å². The van der Waals surface area contributed by atoms with Crippen molar-refractivity contribution < 1.29 is 14.3 Å². The molecule has 0 aliphatic heterocycles. The van der Waals surface area contributed by atoms with E-state index in [1.807, 2.05) is 55.5 Å². The molecule has 0 N–H and O–H groups in total. The Morgan fingerprint density at radius 2 is 1.93 bits per heavy atom. The van der Waals surface area contributed by atoms with Crippen LogP contribution in [0.15, 0.2) is 48.5 Å². The number of rotatable bonds is 9. The predicted octanol–water partition coefficient (Wildman–Crippen LogP) is 4.41. The van der Waals surface area contributed by atoms with E-state index in [-0.39, 0.29) is 0 Å². The minimum absolute atomic E-state index is 0.414. The van der Waals surface area contributed by atoms with E-state index in [4.69, 9.17) is 9.47 Å². The van der Waals surface area contributed by atoms with Crippen molar-refractivity contribution in [1.82, 2.24) is 9.88 Å². The lowest BCUT2D eigenvalue weighted by atomic mass is 10.1. The number of hydrogen-bond acceptors (Lipinski definition) is 5. The molecule has 0 saturated carbocycles. The highest BCUT2D eigenvalue weighted by molar-refractivity contribution is 5.80. The molecule has 0 bridgehead atoms. The summed E-state index contributed by atoms with van der Waals surface area (Å²) in [5, 5.41) is 0.991. The van der Waals surface area contributed by atoms with Gasteiger partial charge in [-0.15, -0.1) is 0 Å². The molecule has 0 saturated heterocycles. The molecule has 0 aliphatic carbocycles. The van der Waals surface area contributed by atoms with Crippen LogP contribution in [-0.2, 0) is 11.2 Å². The van der Waals surface area contributed by atoms with Gasteiger partial charge in [0.1, 0.15) is 17.8 Å². The van der Waals surface area contributed by atoms with Crippen molar-refractivity contribution in [1.29, 1.82) is 0 Å². The van der Waals surface area contributed by atoms with Gasteiger partial charge in [-0.3, -0.25) is 0 Å². The molecule has 5 heteroatoms. The van der Waals surface area contributed by atoms with Crippen molar-refractivity contribution in [2.75, 3.05) is 27.2 Å². The Kier molecular flexibility index (Phi) is 6.61. The zero-order valence-corrected chi connectivity index (χ0v) is 16.6. The van der Waals surface area contributed by atoms with Gasteiger partial charge in [-0.05, 0) is 75.0 Å². The zero-order chi connectivity index (χ0) is 19.9. The number of aldehydes is 1. The van der Waals surface area contributed by atoms with Gasteiger partial charge in [0, 0.05) is 24.4 Å². The summed E-state index contributed by atoms with van der Waals surface area (Å²) in [5.74, 6) is 2.14. The maximum Gasteiger partial charge on any atom is 0.219 e. The summed E-state index contributed by atoms with van der Waals surface area (Å²) in [6.45, 7) is 3.69. The molecule has 1 heterocycles. The number of carbonyl (C=O) groups excluding carboxylic acids is 1. The van der Waals surface area contributed by atoms with Crippen molar-refractivity contribution in [3.63, 3.8) is 0 Å². The third-order valence-corrected chi connectivity index (χ3v) is 4.43. The highest BCUT2D eigenvalue weighted by atomic mass is 16.5. The standard InChI is InChI=1S/C23H26N2O3/c1-17-15-20(27-14-4-12-25(2)3)7-9-22(17)28-23-10-6-19-16-18(11-13-26)5-8-21(19)24-23/h5-10,13,15-16H,4,11-12,14H2,1-3H3. The van der Waals surface area contributed by atoms with E-state index in [9.17, 15) is 4.79 Å². The van der Waals surface area contributed by atoms with Gasteiger partial charge in [-0.25, -0.2) is 4.98 Å². The number of ether oxygens (including phenoxy) is 2. The number of aromatic nitrogens is 1. The van der Waals surface area contributed by atoms with Gasteiger partial charge in [0.05, 0.1) is 12.1 Å². The Balaban J connectivity index is 1.67. The van der Waals surface area contributed by atoms with Gasteiger partial charge in [-0.1, -0.05) is 6.07 Å². The molecular formula is C23H26N2O3. The number of nitrogens with zero attached hydrogens (tertiary/aromatic N) is 2. The number of pyridine rings is 1. The first kappa shape index (κ1) is 19.8. The summed E-state index contributed by atoms with van der Waals surface area (Å²) in [7, 11) is 4.11. The second kappa shape index (κ2) is 9.33. The molecular weight excluding hydrogens is 352 g/mol. The molecule has 2 aromatic carbocycles. The zero-order valence-electron chi connectivity index (χ0n) is 16.6. The second-order valence-corrected chi connectivity index (χ2v) is 7.08. The molecule has 0 unspecified atom stereocenters. The highest BCUT2D eigenvalue weighted by Gasteiger charge is 2.06. The van der Waals surface area contributed by atoms with Crippen molar-refractivity contribution >= 4 is 17.2 Å². The molecule has 3 rings (SSSR count). The molecule has 28 heavy (non-hydrogen) atoms. The quantitative estimate of drug-likeness (QED) is 0.408. The van der Waals surface area contributed by atoms with Crippen LogP contribution >= 0.6 is 0 Å². The third-order valence-electron chi connectivity index (χ3n) is 4.43. The van der Waals surface area contributed by atoms with Crippen LogP contribution in [0.5, 0.6) is 17.4 Å². The average Bonchev–Trinajstić information content (AvgIpc) is 2.67. The summed E-state index contributed by atoms with van der Waals surface area (Å²) >= 11 is 0. The summed E-state index contributed by atoms with van der Waals surface area (Å²) in [6.07, 6.45) is 2.31. The number of fused-ring (bicyclic) bond motifs is 1. The van der Waals surface area contributed by atoms with Crippen molar-refractivity contribution in [2.24, 2.45) is 0 Å². The third kappa shape index (κ3) is 5.30. The van der Waals surface area contributed by atoms with Crippen LogP contribution in [0.3, 0.4) is 0 Å². The first-order valence-electron chi connectivity index (χ1n) is 9.44. The van der Waals surface area contributed by atoms with Gasteiger partial charge in [0.15, 0.2) is 0 Å². The van der Waals surface area contributed by atoms with E-state index < -0.39 is 0 Å². The Morgan fingerprint density at radius 1 is 1.07 bits per heavy atom. The molecule has 1 aromatic heterocycles. The average molecular weight is 378 g/mol. The van der Waals surface area contributed by atoms with Crippen LogP contribution in [0, 0.1) is 6.92 Å². The van der Waals surface area contributed by atoms with Crippen LogP contribution in [0.25, 0.3) is 10.9 Å². The van der Waals surface area contributed by atoms with E-state index in [0.29, 0.717) is 18.9 Å². The Labute approximate surface area is 165 Å². The lowest BCUT2D eigenvalue weighted by Crippen LogP contribution is -2.15. The molecule has 5 nitrogen and oxygen atoms in total. The van der Waals surface area contributed by atoms with Crippen LogP contribution in [0.2, 0.25) is 0 Å². The number of hydrogen-bond donors (Lipinski definition) is 0. The lowest BCUT2D eigenvalue weighted by Gasteiger charge is -2.13. The molecule has 0 amide bonds. The first-order valence-corrected chi connectivity index (χ1v) is 9.44. The number of aryl methyl sites for hydroxylation is 1. The highest BCUT2D eigenvalue weighted by Crippen LogP contribution is 2.28. The smallest absolute Gasteiger partial charge is 0.219 e.